The average molecular weight is 622 g/mol. The van der Waals surface area contributed by atoms with Gasteiger partial charge in [-0.15, -0.1) is 0 Å². The van der Waals surface area contributed by atoms with E-state index >= 15 is 0 Å². The number of benzene rings is 3. The lowest BCUT2D eigenvalue weighted by Crippen LogP contribution is -2.43. The number of carboxylic acids is 1. The molecule has 11 heteroatoms. The number of piperidine rings is 1. The van der Waals surface area contributed by atoms with Crippen molar-refractivity contribution in [2.45, 2.75) is 44.7 Å². The van der Waals surface area contributed by atoms with Crippen LogP contribution in [0.5, 0.6) is 11.5 Å². The molecule has 2 N–H and O–H groups in total. The number of aromatic nitrogens is 1. The topological polar surface area (TPSA) is 101 Å². The van der Waals surface area contributed by atoms with Crippen LogP contribution in [0.1, 0.15) is 39.9 Å². The van der Waals surface area contributed by atoms with Gasteiger partial charge in [0, 0.05) is 50.7 Å². The molecule has 0 spiro atoms. The summed E-state index contributed by atoms with van der Waals surface area (Å²) in [6, 6.07) is 14.9. The molecule has 8 nitrogen and oxygen atoms in total. The fourth-order valence-electron chi connectivity index (χ4n) is 5.89. The van der Waals surface area contributed by atoms with Gasteiger partial charge in [0.1, 0.15) is 17.5 Å². The molecule has 236 valence electrons. The molecule has 1 aromatic heterocycles. The van der Waals surface area contributed by atoms with Crippen molar-refractivity contribution >= 4 is 22.6 Å². The lowest BCUT2D eigenvalue weighted by atomic mass is 9.91. The predicted octanol–water partition coefficient (Wildman–Crippen LogP) is 6.02. The molecule has 4 aromatic rings. The number of aliphatic carboxylic acids is 1. The Balaban J connectivity index is 1.51. The molecule has 0 bridgehead atoms. The summed E-state index contributed by atoms with van der Waals surface area (Å²) < 4.78 is 53.6. The Bertz CT molecular complexity index is 1720. The predicted molar refractivity (Wildman–Crippen MR) is 163 cm³/mol. The van der Waals surface area contributed by atoms with Gasteiger partial charge in [0.2, 0.25) is 5.95 Å². The van der Waals surface area contributed by atoms with Gasteiger partial charge in [-0.05, 0) is 46.5 Å². The molecular weight excluding hydrogens is 587 g/mol. The molecule has 2 heterocycles. The summed E-state index contributed by atoms with van der Waals surface area (Å²) in [6.45, 7) is 2.50. The SMILES string of the molecule is COc1ccc(CN2CCC(F)(F)CC2)c(OC)c1-c1cccc2c(C[C@H](NC(=O)c3c(C)ccnc3F)C(=O)O)cccc12. The maximum Gasteiger partial charge on any atom is 0.326 e. The molecule has 45 heavy (non-hydrogen) atoms. The highest BCUT2D eigenvalue weighted by Gasteiger charge is 2.34. The van der Waals surface area contributed by atoms with Crippen molar-refractivity contribution < 1.29 is 37.3 Å². The second-order valence-corrected chi connectivity index (χ2v) is 11.1. The van der Waals surface area contributed by atoms with Gasteiger partial charge in [0.05, 0.1) is 25.3 Å². The quantitative estimate of drug-likeness (QED) is 0.209. The van der Waals surface area contributed by atoms with E-state index in [0.717, 1.165) is 21.9 Å². The fourth-order valence-corrected chi connectivity index (χ4v) is 5.89. The van der Waals surface area contributed by atoms with Crippen molar-refractivity contribution in [2.24, 2.45) is 0 Å². The Morgan fingerprint density at radius 2 is 1.71 bits per heavy atom. The number of ether oxygens (including phenoxy) is 2. The molecule has 1 saturated heterocycles. The van der Waals surface area contributed by atoms with Crippen molar-refractivity contribution in [2.75, 3.05) is 27.3 Å². The van der Waals surface area contributed by atoms with Crippen LogP contribution in [-0.4, -0.2) is 66.1 Å². The zero-order valence-corrected chi connectivity index (χ0v) is 25.2. The summed E-state index contributed by atoms with van der Waals surface area (Å²) in [5.74, 6) is -4.67. The number of likely N-dealkylation sites (tertiary alicyclic amines) is 1. The van der Waals surface area contributed by atoms with Crippen LogP contribution < -0.4 is 14.8 Å². The van der Waals surface area contributed by atoms with E-state index in [-0.39, 0.29) is 37.9 Å². The van der Waals surface area contributed by atoms with E-state index in [4.69, 9.17) is 9.47 Å². The first-order valence-corrected chi connectivity index (χ1v) is 14.5. The zero-order chi connectivity index (χ0) is 32.3. The minimum Gasteiger partial charge on any atom is -0.496 e. The van der Waals surface area contributed by atoms with E-state index in [1.807, 2.05) is 41.3 Å². The second-order valence-electron chi connectivity index (χ2n) is 11.1. The summed E-state index contributed by atoms with van der Waals surface area (Å²) in [6.07, 6.45) is 0.771. The molecule has 1 atom stereocenters. The molecule has 0 aliphatic carbocycles. The number of carbonyl (C=O) groups excluding carboxylic acids is 1. The van der Waals surface area contributed by atoms with Gasteiger partial charge in [0.15, 0.2) is 0 Å². The Morgan fingerprint density at radius 1 is 1.00 bits per heavy atom. The van der Waals surface area contributed by atoms with Crippen molar-refractivity contribution in [1.29, 1.82) is 0 Å². The minimum absolute atomic E-state index is 0.0727. The minimum atomic E-state index is -2.65. The Morgan fingerprint density at radius 3 is 2.38 bits per heavy atom. The molecule has 1 aliphatic rings. The van der Waals surface area contributed by atoms with Crippen molar-refractivity contribution in [3.8, 4) is 22.6 Å². The monoisotopic (exact) mass is 621 g/mol. The van der Waals surface area contributed by atoms with Gasteiger partial charge in [-0.2, -0.15) is 4.39 Å². The summed E-state index contributed by atoms with van der Waals surface area (Å²) in [4.78, 5) is 30.7. The third-order valence-electron chi connectivity index (χ3n) is 8.26. The molecule has 1 amide bonds. The molecule has 0 radical (unpaired) electrons. The third-order valence-corrected chi connectivity index (χ3v) is 8.26. The maximum atomic E-state index is 14.3. The van der Waals surface area contributed by atoms with E-state index in [1.54, 1.807) is 33.3 Å². The Labute approximate surface area is 258 Å². The number of nitrogens with one attached hydrogen (secondary N) is 1. The van der Waals surface area contributed by atoms with E-state index in [1.165, 1.54) is 12.3 Å². The zero-order valence-electron chi connectivity index (χ0n) is 25.2. The number of hydrogen-bond donors (Lipinski definition) is 2. The van der Waals surface area contributed by atoms with Crippen LogP contribution in [0, 0.1) is 12.9 Å². The van der Waals surface area contributed by atoms with Gasteiger partial charge >= 0.3 is 5.97 Å². The fraction of sp³-hybridized carbons (Fsp3) is 0.324. The van der Waals surface area contributed by atoms with Gasteiger partial charge in [-0.3, -0.25) is 9.69 Å². The summed E-state index contributed by atoms with van der Waals surface area (Å²) in [5.41, 5.74) is 2.93. The van der Waals surface area contributed by atoms with Gasteiger partial charge < -0.3 is 19.9 Å². The summed E-state index contributed by atoms with van der Waals surface area (Å²) >= 11 is 0. The number of alkyl halides is 2. The smallest absolute Gasteiger partial charge is 0.326 e. The molecular formula is C34H34F3N3O5. The number of rotatable bonds is 10. The number of methoxy groups -OCH3 is 2. The first-order chi connectivity index (χ1) is 21.5. The number of carboxylic acid groups (broad SMARTS) is 1. The van der Waals surface area contributed by atoms with Crippen LogP contribution in [-0.2, 0) is 17.8 Å². The van der Waals surface area contributed by atoms with Crippen LogP contribution in [0.2, 0.25) is 0 Å². The van der Waals surface area contributed by atoms with Crippen LogP contribution >= 0.6 is 0 Å². The lowest BCUT2D eigenvalue weighted by molar-refractivity contribution is -0.139. The van der Waals surface area contributed by atoms with Crippen LogP contribution in [0.3, 0.4) is 0 Å². The van der Waals surface area contributed by atoms with E-state index in [0.29, 0.717) is 34.7 Å². The first kappa shape index (κ1) is 31.8. The highest BCUT2D eigenvalue weighted by molar-refractivity contribution is 6.02. The second kappa shape index (κ2) is 13.2. The van der Waals surface area contributed by atoms with Crippen LogP contribution in [0.25, 0.3) is 21.9 Å². The number of pyridine rings is 1. The van der Waals surface area contributed by atoms with Crippen molar-refractivity contribution in [3.63, 3.8) is 0 Å². The van der Waals surface area contributed by atoms with Crippen LogP contribution in [0.4, 0.5) is 13.2 Å². The molecule has 0 saturated carbocycles. The largest absolute Gasteiger partial charge is 0.496 e. The van der Waals surface area contributed by atoms with Crippen molar-refractivity contribution in [3.05, 3.63) is 89.0 Å². The third kappa shape index (κ3) is 6.73. The average Bonchev–Trinajstić information content (AvgIpc) is 3.01. The molecule has 1 aliphatic heterocycles. The highest BCUT2D eigenvalue weighted by atomic mass is 19.3. The number of nitrogens with zero attached hydrogens (tertiary/aromatic N) is 2. The normalized spacial score (nSPS) is 15.4. The van der Waals surface area contributed by atoms with Gasteiger partial charge in [0.25, 0.3) is 11.8 Å². The van der Waals surface area contributed by atoms with E-state index in [2.05, 4.69) is 10.3 Å². The number of halogens is 3. The molecule has 3 aromatic carbocycles. The standard InChI is InChI=1S/C34H34F3N3O5/c1-20-12-15-38-31(35)28(20)32(41)39-26(33(42)43)18-21-6-4-8-24-23(21)7-5-9-25(24)29-27(44-2)11-10-22(30(29)45-3)19-40-16-13-34(36,37)14-17-40/h4-12,15,26H,13-14,16-19H2,1-3H3,(H,39,41)(H,42,43)/t26-/m0/s1. The first-order valence-electron chi connectivity index (χ1n) is 14.5. The van der Waals surface area contributed by atoms with Crippen LogP contribution in [0.15, 0.2) is 60.8 Å². The van der Waals surface area contributed by atoms with Gasteiger partial charge in [-0.25, -0.2) is 18.6 Å². The molecule has 0 unspecified atom stereocenters. The van der Waals surface area contributed by atoms with E-state index < -0.39 is 29.8 Å². The van der Waals surface area contributed by atoms with Gasteiger partial charge in [-0.1, -0.05) is 42.5 Å². The Kier molecular flexibility index (Phi) is 9.29. The highest BCUT2D eigenvalue weighted by Crippen LogP contribution is 2.44. The number of amides is 1. The van der Waals surface area contributed by atoms with Crippen molar-refractivity contribution in [1.82, 2.24) is 15.2 Å². The summed E-state index contributed by atoms with van der Waals surface area (Å²) in [7, 11) is 3.10. The number of fused-ring (bicyclic) bond motifs is 1. The Hall–Kier alpha value is -4.64. The number of carbonyl (C=O) groups is 2. The molecule has 5 rings (SSSR count). The number of hydrogen-bond acceptors (Lipinski definition) is 6. The summed E-state index contributed by atoms with van der Waals surface area (Å²) in [5, 5.41) is 14.0. The van der Waals surface area contributed by atoms with E-state index in [9.17, 15) is 27.9 Å². The molecule has 1 fully saturated rings. The lowest BCUT2D eigenvalue weighted by Gasteiger charge is -2.32. The number of aryl methyl sites for hydroxylation is 1. The maximum absolute atomic E-state index is 14.3.